The number of benzene rings is 1. The van der Waals surface area contributed by atoms with Crippen molar-refractivity contribution in [1.29, 1.82) is 5.26 Å². The lowest BCUT2D eigenvalue weighted by atomic mass is 9.96. The average molecular weight is 342 g/mol. The summed E-state index contributed by atoms with van der Waals surface area (Å²) in [5, 5.41) is 16.0. The molecule has 2 rings (SSSR count). The Balaban J connectivity index is 1.88. The first kappa shape index (κ1) is 18.9. The zero-order valence-corrected chi connectivity index (χ0v) is 15.4. The largest absolute Gasteiger partial charge is 0.494 e. The maximum atomic E-state index is 8.54. The van der Waals surface area contributed by atoms with Crippen LogP contribution in [-0.2, 0) is 12.0 Å². The standard InChI is InChI=1S/C19H26N4O2/c1-14(17-22-18(23-25-17)19(2,3)4)21-13-15-8-7-9-16(12-15)24-11-6-5-10-20/h7-9,12,14,21H,5-6,11,13H2,1-4H3. The summed E-state index contributed by atoms with van der Waals surface area (Å²) in [6.45, 7) is 9.40. The Morgan fingerprint density at radius 3 is 2.84 bits per heavy atom. The molecule has 6 heteroatoms. The molecule has 6 nitrogen and oxygen atoms in total. The molecule has 25 heavy (non-hydrogen) atoms. The number of ether oxygens (including phenoxy) is 1. The summed E-state index contributed by atoms with van der Waals surface area (Å²) in [6.07, 6.45) is 1.25. The summed E-state index contributed by atoms with van der Waals surface area (Å²) in [5.41, 5.74) is 0.985. The van der Waals surface area contributed by atoms with Crippen LogP contribution in [0.1, 0.15) is 63.9 Å². The predicted octanol–water partition coefficient (Wildman–Crippen LogP) is 3.90. The molecule has 0 bridgehead atoms. The number of hydrogen-bond donors (Lipinski definition) is 1. The van der Waals surface area contributed by atoms with E-state index in [0.29, 0.717) is 31.3 Å². The van der Waals surface area contributed by atoms with Gasteiger partial charge in [0.2, 0.25) is 5.89 Å². The Kier molecular flexibility index (Phi) is 6.54. The van der Waals surface area contributed by atoms with Gasteiger partial charge in [-0.3, -0.25) is 0 Å². The first-order valence-corrected chi connectivity index (χ1v) is 8.56. The van der Waals surface area contributed by atoms with Gasteiger partial charge in [-0.05, 0) is 31.0 Å². The van der Waals surface area contributed by atoms with E-state index in [1.807, 2.05) is 31.2 Å². The van der Waals surface area contributed by atoms with Gasteiger partial charge in [0.05, 0.1) is 18.7 Å². The Labute approximate surface area is 149 Å². The molecule has 1 aromatic heterocycles. The normalized spacial score (nSPS) is 12.6. The summed E-state index contributed by atoms with van der Waals surface area (Å²) < 4.78 is 11.0. The summed E-state index contributed by atoms with van der Waals surface area (Å²) in [4.78, 5) is 4.48. The molecule has 0 aliphatic carbocycles. The molecule has 0 aliphatic rings. The third kappa shape index (κ3) is 5.87. The first-order valence-electron chi connectivity index (χ1n) is 8.56. The fourth-order valence-corrected chi connectivity index (χ4v) is 2.16. The Morgan fingerprint density at radius 2 is 2.16 bits per heavy atom. The van der Waals surface area contributed by atoms with Crippen molar-refractivity contribution in [3.63, 3.8) is 0 Å². The zero-order valence-electron chi connectivity index (χ0n) is 15.4. The lowest BCUT2D eigenvalue weighted by Gasteiger charge is -2.12. The van der Waals surface area contributed by atoms with Crippen molar-refractivity contribution in [3.05, 3.63) is 41.5 Å². The van der Waals surface area contributed by atoms with Gasteiger partial charge in [0, 0.05) is 18.4 Å². The second-order valence-corrected chi connectivity index (χ2v) is 7.07. The quantitative estimate of drug-likeness (QED) is 0.732. The van der Waals surface area contributed by atoms with E-state index in [0.717, 1.165) is 17.7 Å². The number of aromatic nitrogens is 2. The fraction of sp³-hybridized carbons (Fsp3) is 0.526. The lowest BCUT2D eigenvalue weighted by Crippen LogP contribution is -2.19. The van der Waals surface area contributed by atoms with Gasteiger partial charge < -0.3 is 14.6 Å². The molecule has 1 unspecified atom stereocenters. The lowest BCUT2D eigenvalue weighted by molar-refractivity contribution is 0.312. The maximum Gasteiger partial charge on any atom is 0.243 e. The number of nitriles is 1. The van der Waals surface area contributed by atoms with Crippen LogP contribution in [0.2, 0.25) is 0 Å². The summed E-state index contributed by atoms with van der Waals surface area (Å²) in [7, 11) is 0. The van der Waals surface area contributed by atoms with Gasteiger partial charge >= 0.3 is 0 Å². The van der Waals surface area contributed by atoms with E-state index >= 15 is 0 Å². The van der Waals surface area contributed by atoms with Crippen LogP contribution in [0.5, 0.6) is 5.75 Å². The zero-order chi connectivity index (χ0) is 18.3. The van der Waals surface area contributed by atoms with E-state index < -0.39 is 0 Å². The summed E-state index contributed by atoms with van der Waals surface area (Å²) >= 11 is 0. The van der Waals surface area contributed by atoms with Gasteiger partial charge in [-0.15, -0.1) is 0 Å². The first-order chi connectivity index (χ1) is 11.9. The van der Waals surface area contributed by atoms with Crippen LogP contribution in [0.4, 0.5) is 0 Å². The highest BCUT2D eigenvalue weighted by Gasteiger charge is 2.22. The Bertz CT molecular complexity index is 713. The predicted molar refractivity (Wildman–Crippen MR) is 95.0 cm³/mol. The third-order valence-corrected chi connectivity index (χ3v) is 3.70. The SMILES string of the molecule is CC(NCc1cccc(OCCCC#N)c1)c1nc(C(C)(C)C)no1. The van der Waals surface area contributed by atoms with E-state index in [2.05, 4.69) is 42.3 Å². The topological polar surface area (TPSA) is 84.0 Å². The van der Waals surface area contributed by atoms with Crippen molar-refractivity contribution in [2.24, 2.45) is 0 Å². The second kappa shape index (κ2) is 8.63. The smallest absolute Gasteiger partial charge is 0.243 e. The minimum atomic E-state index is -0.126. The maximum absolute atomic E-state index is 8.54. The Hall–Kier alpha value is -2.39. The molecule has 134 valence electrons. The highest BCUT2D eigenvalue weighted by atomic mass is 16.5. The molecule has 0 radical (unpaired) electrons. The van der Waals surface area contributed by atoms with Gasteiger partial charge in [0.1, 0.15) is 5.75 Å². The van der Waals surface area contributed by atoms with Gasteiger partial charge in [-0.25, -0.2) is 0 Å². The van der Waals surface area contributed by atoms with E-state index in [4.69, 9.17) is 14.5 Å². The van der Waals surface area contributed by atoms with E-state index in [9.17, 15) is 0 Å². The molecular weight excluding hydrogens is 316 g/mol. The van der Waals surface area contributed by atoms with Gasteiger partial charge in [-0.1, -0.05) is 38.1 Å². The van der Waals surface area contributed by atoms with Crippen molar-refractivity contribution < 1.29 is 9.26 Å². The van der Waals surface area contributed by atoms with Crippen LogP contribution in [0.15, 0.2) is 28.8 Å². The third-order valence-electron chi connectivity index (χ3n) is 3.70. The van der Waals surface area contributed by atoms with E-state index in [1.54, 1.807) is 0 Å². The van der Waals surface area contributed by atoms with Crippen molar-refractivity contribution >= 4 is 0 Å². The van der Waals surface area contributed by atoms with Crippen LogP contribution >= 0.6 is 0 Å². The van der Waals surface area contributed by atoms with Gasteiger partial charge in [0.15, 0.2) is 5.82 Å². The minimum Gasteiger partial charge on any atom is -0.494 e. The highest BCUT2D eigenvalue weighted by Crippen LogP contribution is 2.21. The van der Waals surface area contributed by atoms with Gasteiger partial charge in [0.25, 0.3) is 0 Å². The van der Waals surface area contributed by atoms with Crippen molar-refractivity contribution in [1.82, 2.24) is 15.5 Å². The molecule has 0 saturated carbocycles. The molecule has 1 N–H and O–H groups in total. The highest BCUT2D eigenvalue weighted by molar-refractivity contribution is 5.28. The summed E-state index contributed by atoms with van der Waals surface area (Å²) in [5.74, 6) is 2.12. The van der Waals surface area contributed by atoms with Gasteiger partial charge in [-0.2, -0.15) is 10.2 Å². The number of nitrogens with zero attached hydrogens (tertiary/aromatic N) is 3. The molecule has 1 atom stereocenters. The number of hydrogen-bond acceptors (Lipinski definition) is 6. The number of nitrogens with one attached hydrogen (secondary N) is 1. The van der Waals surface area contributed by atoms with Crippen LogP contribution in [0.3, 0.4) is 0 Å². The molecule has 0 aliphatic heterocycles. The molecule has 1 aromatic carbocycles. The summed E-state index contributed by atoms with van der Waals surface area (Å²) in [6, 6.07) is 10.0. The molecule has 0 spiro atoms. The number of rotatable bonds is 8. The molecule has 0 saturated heterocycles. The van der Waals surface area contributed by atoms with E-state index in [-0.39, 0.29) is 11.5 Å². The van der Waals surface area contributed by atoms with Crippen molar-refractivity contribution in [2.45, 2.75) is 58.5 Å². The Morgan fingerprint density at radius 1 is 1.36 bits per heavy atom. The van der Waals surface area contributed by atoms with Crippen LogP contribution < -0.4 is 10.1 Å². The van der Waals surface area contributed by atoms with Crippen LogP contribution in [-0.4, -0.2) is 16.7 Å². The minimum absolute atomic E-state index is 0.0381. The van der Waals surface area contributed by atoms with Crippen molar-refractivity contribution in [3.8, 4) is 11.8 Å². The molecule has 0 fully saturated rings. The molecule has 0 amide bonds. The van der Waals surface area contributed by atoms with Crippen molar-refractivity contribution in [2.75, 3.05) is 6.61 Å². The monoisotopic (exact) mass is 342 g/mol. The van der Waals surface area contributed by atoms with Crippen LogP contribution in [0, 0.1) is 11.3 Å². The average Bonchev–Trinajstić information content (AvgIpc) is 3.07. The van der Waals surface area contributed by atoms with Crippen LogP contribution in [0.25, 0.3) is 0 Å². The second-order valence-electron chi connectivity index (χ2n) is 7.07. The molecule has 2 aromatic rings. The molecular formula is C19H26N4O2. The molecule has 1 heterocycles. The van der Waals surface area contributed by atoms with E-state index in [1.165, 1.54) is 0 Å². The number of unbranched alkanes of at least 4 members (excludes halogenated alkanes) is 1. The fourth-order valence-electron chi connectivity index (χ4n) is 2.16.